The second-order valence-electron chi connectivity index (χ2n) is 3.99. The maximum Gasteiger partial charge on any atom is 0.0499 e. The van der Waals surface area contributed by atoms with Crippen LogP contribution < -0.4 is 5.73 Å². The second-order valence-corrected chi connectivity index (χ2v) is 4.83. The summed E-state index contributed by atoms with van der Waals surface area (Å²) in [5, 5.41) is 1.29. The van der Waals surface area contributed by atoms with Gasteiger partial charge in [-0.25, -0.2) is 0 Å². The van der Waals surface area contributed by atoms with Crippen molar-refractivity contribution in [3.05, 3.63) is 57.6 Å². The molecule has 0 aliphatic rings. The maximum atomic E-state index is 6.22. The summed E-state index contributed by atoms with van der Waals surface area (Å²) in [5.41, 5.74) is 10.1. The molecule has 2 aromatic rings. The number of rotatable bonds is 2. The molecule has 0 atom stereocenters. The zero-order valence-corrected chi connectivity index (χ0v) is 11.0. The molecule has 2 rings (SSSR count). The Morgan fingerprint density at radius 2 is 1.76 bits per heavy atom. The number of benzene rings is 2. The van der Waals surface area contributed by atoms with Crippen molar-refractivity contribution in [2.24, 2.45) is 5.73 Å². The van der Waals surface area contributed by atoms with Gasteiger partial charge in [-0.15, -0.1) is 0 Å². The molecule has 0 spiro atoms. The van der Waals surface area contributed by atoms with Crippen LogP contribution in [0.5, 0.6) is 0 Å². The molecular weight excluding hydrogens is 253 g/mol. The van der Waals surface area contributed by atoms with Gasteiger partial charge < -0.3 is 5.73 Å². The number of halogens is 2. The summed E-state index contributed by atoms with van der Waals surface area (Å²) in [6, 6.07) is 11.7. The molecule has 0 unspecified atom stereocenters. The molecule has 17 heavy (non-hydrogen) atoms. The van der Waals surface area contributed by atoms with Crippen molar-refractivity contribution in [1.82, 2.24) is 0 Å². The van der Waals surface area contributed by atoms with E-state index in [1.54, 1.807) is 6.07 Å². The summed E-state index contributed by atoms with van der Waals surface area (Å²) in [5.74, 6) is 0. The van der Waals surface area contributed by atoms with Gasteiger partial charge in [-0.05, 0) is 30.2 Å². The van der Waals surface area contributed by atoms with Gasteiger partial charge in [0.25, 0.3) is 0 Å². The molecule has 2 aromatic carbocycles. The fourth-order valence-electron chi connectivity index (χ4n) is 1.83. The van der Waals surface area contributed by atoms with E-state index in [2.05, 4.69) is 12.1 Å². The highest BCUT2D eigenvalue weighted by atomic mass is 35.5. The molecule has 2 N–H and O–H groups in total. The van der Waals surface area contributed by atoms with Crippen LogP contribution in [0.25, 0.3) is 11.1 Å². The van der Waals surface area contributed by atoms with E-state index in [1.165, 1.54) is 5.56 Å². The third-order valence-corrected chi connectivity index (χ3v) is 3.25. The lowest BCUT2D eigenvalue weighted by Crippen LogP contribution is -1.99. The molecule has 0 saturated carbocycles. The third kappa shape index (κ3) is 2.63. The normalized spacial score (nSPS) is 10.6. The monoisotopic (exact) mass is 265 g/mol. The minimum atomic E-state index is 0.495. The van der Waals surface area contributed by atoms with Gasteiger partial charge in [0.1, 0.15) is 0 Å². The second kappa shape index (κ2) is 5.09. The summed E-state index contributed by atoms with van der Waals surface area (Å²) >= 11 is 12.1. The Kier molecular flexibility index (Phi) is 3.72. The van der Waals surface area contributed by atoms with E-state index in [0.29, 0.717) is 16.6 Å². The lowest BCUT2D eigenvalue weighted by atomic mass is 9.97. The van der Waals surface area contributed by atoms with Gasteiger partial charge >= 0.3 is 0 Å². The van der Waals surface area contributed by atoms with E-state index < -0.39 is 0 Å². The summed E-state index contributed by atoms with van der Waals surface area (Å²) in [4.78, 5) is 0. The number of hydrogen-bond acceptors (Lipinski definition) is 1. The van der Waals surface area contributed by atoms with E-state index in [4.69, 9.17) is 28.9 Å². The number of nitrogens with two attached hydrogens (primary N) is 1. The van der Waals surface area contributed by atoms with Crippen LogP contribution in [0.1, 0.15) is 11.1 Å². The van der Waals surface area contributed by atoms with E-state index >= 15 is 0 Å². The zero-order chi connectivity index (χ0) is 12.4. The average molecular weight is 266 g/mol. The molecule has 0 radical (unpaired) electrons. The van der Waals surface area contributed by atoms with Crippen molar-refractivity contribution in [2.45, 2.75) is 13.5 Å². The highest BCUT2D eigenvalue weighted by molar-refractivity contribution is 6.36. The molecule has 88 valence electrons. The molecule has 0 aliphatic carbocycles. The predicted octanol–water partition coefficient (Wildman–Crippen LogP) is 4.43. The quantitative estimate of drug-likeness (QED) is 0.855. The van der Waals surface area contributed by atoms with Crippen molar-refractivity contribution >= 4 is 23.2 Å². The van der Waals surface area contributed by atoms with Crippen molar-refractivity contribution in [1.29, 1.82) is 0 Å². The lowest BCUT2D eigenvalue weighted by molar-refractivity contribution is 1.07. The van der Waals surface area contributed by atoms with E-state index in [0.717, 1.165) is 16.7 Å². The predicted molar refractivity (Wildman–Crippen MR) is 74.5 cm³/mol. The summed E-state index contributed by atoms with van der Waals surface area (Å²) in [6.07, 6.45) is 0. The first-order valence-electron chi connectivity index (χ1n) is 5.37. The molecule has 0 heterocycles. The first-order chi connectivity index (χ1) is 8.11. The Bertz CT molecular complexity index is 550. The smallest absolute Gasteiger partial charge is 0.0499 e. The highest BCUT2D eigenvalue weighted by Gasteiger charge is 2.08. The standard InChI is InChI=1S/C14H13Cl2N/c1-9-2-3-10(8-17)13(6-9)12-5-4-11(15)7-14(12)16/h2-7H,8,17H2,1H3. The first kappa shape index (κ1) is 12.4. The molecule has 0 amide bonds. The van der Waals surface area contributed by atoms with Crippen LogP contribution in [0.2, 0.25) is 10.0 Å². The topological polar surface area (TPSA) is 26.0 Å². The summed E-state index contributed by atoms with van der Waals surface area (Å²) < 4.78 is 0. The van der Waals surface area contributed by atoms with E-state index in [1.807, 2.05) is 25.1 Å². The van der Waals surface area contributed by atoms with Gasteiger partial charge in [-0.2, -0.15) is 0 Å². The Hall–Kier alpha value is -1.02. The van der Waals surface area contributed by atoms with Crippen molar-refractivity contribution in [3.8, 4) is 11.1 Å². The number of hydrogen-bond donors (Lipinski definition) is 1. The fraction of sp³-hybridized carbons (Fsp3) is 0.143. The summed E-state index contributed by atoms with van der Waals surface area (Å²) in [6.45, 7) is 2.54. The maximum absolute atomic E-state index is 6.22. The van der Waals surface area contributed by atoms with Crippen LogP contribution in [0, 0.1) is 6.92 Å². The van der Waals surface area contributed by atoms with Crippen LogP contribution >= 0.6 is 23.2 Å². The molecular formula is C14H13Cl2N. The van der Waals surface area contributed by atoms with E-state index in [9.17, 15) is 0 Å². The Morgan fingerprint density at radius 1 is 1.00 bits per heavy atom. The SMILES string of the molecule is Cc1ccc(CN)c(-c2ccc(Cl)cc2Cl)c1. The minimum absolute atomic E-state index is 0.495. The van der Waals surface area contributed by atoms with Gasteiger partial charge in [-0.3, -0.25) is 0 Å². The van der Waals surface area contributed by atoms with Crippen LogP contribution in [-0.2, 0) is 6.54 Å². The van der Waals surface area contributed by atoms with Crippen LogP contribution in [0.15, 0.2) is 36.4 Å². The first-order valence-corrected chi connectivity index (χ1v) is 6.12. The van der Waals surface area contributed by atoms with Crippen LogP contribution in [0.3, 0.4) is 0 Å². The van der Waals surface area contributed by atoms with Gasteiger partial charge in [0.2, 0.25) is 0 Å². The zero-order valence-electron chi connectivity index (χ0n) is 9.50. The molecule has 3 heteroatoms. The van der Waals surface area contributed by atoms with Crippen LogP contribution in [0.4, 0.5) is 0 Å². The van der Waals surface area contributed by atoms with Crippen molar-refractivity contribution in [2.75, 3.05) is 0 Å². The van der Waals surface area contributed by atoms with Crippen molar-refractivity contribution in [3.63, 3.8) is 0 Å². The fourth-order valence-corrected chi connectivity index (χ4v) is 2.34. The largest absolute Gasteiger partial charge is 0.326 e. The molecule has 1 nitrogen and oxygen atoms in total. The Morgan fingerprint density at radius 3 is 2.41 bits per heavy atom. The van der Waals surface area contributed by atoms with Gasteiger partial charge in [-0.1, -0.05) is 53.0 Å². The Labute approximate surface area is 111 Å². The van der Waals surface area contributed by atoms with E-state index in [-0.39, 0.29) is 0 Å². The van der Waals surface area contributed by atoms with Gasteiger partial charge in [0.05, 0.1) is 0 Å². The lowest BCUT2D eigenvalue weighted by Gasteiger charge is -2.11. The number of aryl methyl sites for hydroxylation is 1. The Balaban J connectivity index is 2.62. The molecule has 0 aliphatic heterocycles. The third-order valence-electron chi connectivity index (χ3n) is 2.71. The molecule has 0 bridgehead atoms. The average Bonchev–Trinajstić information content (AvgIpc) is 2.29. The highest BCUT2D eigenvalue weighted by Crippen LogP contribution is 2.33. The summed E-state index contributed by atoms with van der Waals surface area (Å²) in [7, 11) is 0. The molecule has 0 aromatic heterocycles. The van der Waals surface area contributed by atoms with Gasteiger partial charge in [0, 0.05) is 22.2 Å². The molecule has 0 saturated heterocycles. The molecule has 0 fully saturated rings. The minimum Gasteiger partial charge on any atom is -0.326 e. The van der Waals surface area contributed by atoms with Crippen molar-refractivity contribution < 1.29 is 0 Å². The van der Waals surface area contributed by atoms with Gasteiger partial charge in [0.15, 0.2) is 0 Å². The van der Waals surface area contributed by atoms with Crippen LogP contribution in [-0.4, -0.2) is 0 Å².